The van der Waals surface area contributed by atoms with Gasteiger partial charge in [0.1, 0.15) is 0 Å². The SMILES string of the molecule is CNC(CC(C)C)C(=O)Nc1cccnc1. The number of nitrogens with zero attached hydrogens (tertiary/aromatic N) is 1. The number of aromatic nitrogens is 1. The molecule has 1 rings (SSSR count). The van der Waals surface area contributed by atoms with E-state index < -0.39 is 0 Å². The fourth-order valence-corrected chi connectivity index (χ4v) is 1.49. The van der Waals surface area contributed by atoms with Crippen molar-refractivity contribution in [1.29, 1.82) is 0 Å². The molecule has 0 fully saturated rings. The second-order valence-electron chi connectivity index (χ2n) is 4.20. The highest BCUT2D eigenvalue weighted by molar-refractivity contribution is 5.94. The van der Waals surface area contributed by atoms with Gasteiger partial charge >= 0.3 is 0 Å². The minimum absolute atomic E-state index is 0.01000. The van der Waals surface area contributed by atoms with E-state index in [2.05, 4.69) is 29.5 Å². The molecule has 1 unspecified atom stereocenters. The second kappa shape index (κ2) is 6.23. The Bertz CT molecular complexity index is 324. The highest BCUT2D eigenvalue weighted by Crippen LogP contribution is 2.08. The summed E-state index contributed by atoms with van der Waals surface area (Å²) in [6.07, 6.45) is 4.14. The van der Waals surface area contributed by atoms with Gasteiger partial charge in [-0.1, -0.05) is 13.8 Å². The number of nitrogens with one attached hydrogen (secondary N) is 2. The van der Waals surface area contributed by atoms with Crippen LogP contribution in [-0.2, 0) is 4.79 Å². The summed E-state index contributed by atoms with van der Waals surface area (Å²) >= 11 is 0. The molecule has 2 N–H and O–H groups in total. The van der Waals surface area contributed by atoms with Crippen molar-refractivity contribution in [1.82, 2.24) is 10.3 Å². The lowest BCUT2D eigenvalue weighted by molar-refractivity contribution is -0.118. The van der Waals surface area contributed by atoms with E-state index in [0.29, 0.717) is 5.92 Å². The van der Waals surface area contributed by atoms with Gasteiger partial charge in [0, 0.05) is 6.20 Å². The van der Waals surface area contributed by atoms with Gasteiger partial charge in [0.2, 0.25) is 5.91 Å². The Labute approximate surface area is 96.5 Å². The summed E-state index contributed by atoms with van der Waals surface area (Å²) in [5.74, 6) is 0.473. The zero-order chi connectivity index (χ0) is 12.0. The molecule has 0 aliphatic carbocycles. The first-order valence-corrected chi connectivity index (χ1v) is 5.51. The molecule has 0 saturated carbocycles. The Morgan fingerprint density at radius 2 is 2.25 bits per heavy atom. The first-order valence-electron chi connectivity index (χ1n) is 5.51. The highest BCUT2D eigenvalue weighted by atomic mass is 16.2. The molecule has 4 nitrogen and oxygen atoms in total. The van der Waals surface area contributed by atoms with E-state index in [4.69, 9.17) is 0 Å². The van der Waals surface area contributed by atoms with Gasteiger partial charge in [-0.15, -0.1) is 0 Å². The van der Waals surface area contributed by atoms with Crippen LogP contribution in [0, 0.1) is 5.92 Å². The molecule has 1 aromatic heterocycles. The van der Waals surface area contributed by atoms with Gasteiger partial charge in [0.05, 0.1) is 17.9 Å². The molecule has 4 heteroatoms. The molecule has 0 aliphatic heterocycles. The van der Waals surface area contributed by atoms with Gasteiger partial charge < -0.3 is 10.6 Å². The van der Waals surface area contributed by atoms with Crippen LogP contribution < -0.4 is 10.6 Å². The van der Waals surface area contributed by atoms with Crippen LogP contribution in [0.5, 0.6) is 0 Å². The minimum atomic E-state index is -0.153. The van der Waals surface area contributed by atoms with E-state index in [1.807, 2.05) is 6.07 Å². The number of anilines is 1. The van der Waals surface area contributed by atoms with E-state index in [1.165, 1.54) is 0 Å². The van der Waals surface area contributed by atoms with Crippen molar-refractivity contribution in [2.75, 3.05) is 12.4 Å². The zero-order valence-electron chi connectivity index (χ0n) is 10.0. The average molecular weight is 221 g/mol. The number of pyridine rings is 1. The van der Waals surface area contributed by atoms with E-state index >= 15 is 0 Å². The monoisotopic (exact) mass is 221 g/mol. The summed E-state index contributed by atoms with van der Waals surface area (Å²) in [5, 5.41) is 5.86. The number of hydrogen-bond donors (Lipinski definition) is 2. The lowest BCUT2D eigenvalue weighted by Crippen LogP contribution is -2.39. The Balaban J connectivity index is 2.56. The molecule has 0 spiro atoms. The third kappa shape index (κ3) is 3.98. The Morgan fingerprint density at radius 1 is 1.50 bits per heavy atom. The van der Waals surface area contributed by atoms with Gasteiger partial charge in [-0.05, 0) is 31.5 Å². The maximum atomic E-state index is 11.9. The molecule has 0 saturated heterocycles. The molecule has 88 valence electrons. The molecule has 0 aromatic carbocycles. The Hall–Kier alpha value is -1.42. The minimum Gasteiger partial charge on any atom is -0.323 e. The predicted octanol–water partition coefficient (Wildman–Crippen LogP) is 1.65. The van der Waals surface area contributed by atoms with Gasteiger partial charge in [-0.2, -0.15) is 0 Å². The fourth-order valence-electron chi connectivity index (χ4n) is 1.49. The number of likely N-dealkylation sites (N-methyl/N-ethyl adjacent to an activating group) is 1. The summed E-state index contributed by atoms with van der Waals surface area (Å²) in [7, 11) is 1.80. The first kappa shape index (κ1) is 12.6. The highest BCUT2D eigenvalue weighted by Gasteiger charge is 2.17. The molecule has 0 bridgehead atoms. The van der Waals surface area contributed by atoms with Crippen LogP contribution in [0.25, 0.3) is 0 Å². The van der Waals surface area contributed by atoms with Gasteiger partial charge in [0.25, 0.3) is 0 Å². The topological polar surface area (TPSA) is 54.0 Å². The summed E-state index contributed by atoms with van der Waals surface area (Å²) in [4.78, 5) is 15.8. The standard InChI is InChI=1S/C12H19N3O/c1-9(2)7-11(13-3)12(16)15-10-5-4-6-14-8-10/h4-6,8-9,11,13H,7H2,1-3H3,(H,15,16). The van der Waals surface area contributed by atoms with Crippen LogP contribution in [0.15, 0.2) is 24.5 Å². The van der Waals surface area contributed by atoms with Crippen molar-refractivity contribution >= 4 is 11.6 Å². The molecule has 0 aliphatic rings. The third-order valence-corrected chi connectivity index (χ3v) is 2.30. The van der Waals surface area contributed by atoms with E-state index in [9.17, 15) is 4.79 Å². The van der Waals surface area contributed by atoms with Gasteiger partial charge in [-0.3, -0.25) is 9.78 Å². The quantitative estimate of drug-likeness (QED) is 0.795. The van der Waals surface area contributed by atoms with Crippen molar-refractivity contribution in [3.8, 4) is 0 Å². The molecule has 1 atom stereocenters. The summed E-state index contributed by atoms with van der Waals surface area (Å²) in [6.45, 7) is 4.20. The van der Waals surface area contributed by atoms with Crippen LogP contribution >= 0.6 is 0 Å². The lowest BCUT2D eigenvalue weighted by atomic mass is 10.0. The average Bonchev–Trinajstić information content (AvgIpc) is 2.26. The van der Waals surface area contributed by atoms with Crippen molar-refractivity contribution < 1.29 is 4.79 Å². The maximum absolute atomic E-state index is 11.9. The van der Waals surface area contributed by atoms with Crippen LogP contribution in [0.3, 0.4) is 0 Å². The van der Waals surface area contributed by atoms with Crippen molar-refractivity contribution in [2.45, 2.75) is 26.3 Å². The van der Waals surface area contributed by atoms with Crippen LogP contribution in [-0.4, -0.2) is 24.0 Å². The molecule has 1 amide bonds. The molecule has 1 heterocycles. The maximum Gasteiger partial charge on any atom is 0.241 e. The largest absolute Gasteiger partial charge is 0.323 e. The summed E-state index contributed by atoms with van der Waals surface area (Å²) < 4.78 is 0. The smallest absolute Gasteiger partial charge is 0.241 e. The van der Waals surface area contributed by atoms with Crippen LogP contribution in [0.1, 0.15) is 20.3 Å². The second-order valence-corrected chi connectivity index (χ2v) is 4.20. The van der Waals surface area contributed by atoms with E-state index in [0.717, 1.165) is 12.1 Å². The zero-order valence-corrected chi connectivity index (χ0v) is 10.0. The molecule has 1 aromatic rings. The van der Waals surface area contributed by atoms with Gasteiger partial charge in [-0.25, -0.2) is 0 Å². The van der Waals surface area contributed by atoms with Crippen molar-refractivity contribution in [3.05, 3.63) is 24.5 Å². The molecular formula is C12H19N3O. The predicted molar refractivity (Wildman–Crippen MR) is 65.2 cm³/mol. The Kier molecular flexibility index (Phi) is 4.92. The van der Waals surface area contributed by atoms with Gasteiger partial charge in [0.15, 0.2) is 0 Å². The van der Waals surface area contributed by atoms with E-state index in [1.54, 1.807) is 25.5 Å². The lowest BCUT2D eigenvalue weighted by Gasteiger charge is -2.17. The number of hydrogen-bond acceptors (Lipinski definition) is 3. The number of rotatable bonds is 5. The summed E-state index contributed by atoms with van der Waals surface area (Å²) in [6, 6.07) is 3.47. The first-order chi connectivity index (χ1) is 7.63. The van der Waals surface area contributed by atoms with Crippen molar-refractivity contribution in [2.24, 2.45) is 5.92 Å². The van der Waals surface area contributed by atoms with E-state index in [-0.39, 0.29) is 11.9 Å². The number of carbonyl (C=O) groups is 1. The number of carbonyl (C=O) groups excluding carboxylic acids is 1. The normalized spacial score (nSPS) is 12.5. The van der Waals surface area contributed by atoms with Crippen LogP contribution in [0.4, 0.5) is 5.69 Å². The molecule has 0 radical (unpaired) electrons. The Morgan fingerprint density at radius 3 is 2.75 bits per heavy atom. The summed E-state index contributed by atoms with van der Waals surface area (Å²) in [5.41, 5.74) is 0.733. The third-order valence-electron chi connectivity index (χ3n) is 2.30. The van der Waals surface area contributed by atoms with Crippen LogP contribution in [0.2, 0.25) is 0 Å². The molecule has 16 heavy (non-hydrogen) atoms. The molecular weight excluding hydrogens is 202 g/mol. The van der Waals surface area contributed by atoms with Crippen molar-refractivity contribution in [3.63, 3.8) is 0 Å². The fraction of sp³-hybridized carbons (Fsp3) is 0.500. The number of amides is 1.